The molecule has 0 aromatic heterocycles. The van der Waals surface area contributed by atoms with Crippen LogP contribution in [0.15, 0.2) is 114 Å². The molecule has 6 nitrogen and oxygen atoms in total. The lowest BCUT2D eigenvalue weighted by molar-refractivity contribution is 0.256. The highest BCUT2D eigenvalue weighted by Crippen LogP contribution is 2.38. The molecule has 0 spiro atoms. The number of hydrogen-bond donors (Lipinski definition) is 2. The molecule has 0 aliphatic rings. The van der Waals surface area contributed by atoms with Gasteiger partial charge in [-0.05, 0) is 55.5 Å². The second-order valence-electron chi connectivity index (χ2n) is 7.40. The zero-order valence-electron chi connectivity index (χ0n) is 18.0. The summed E-state index contributed by atoms with van der Waals surface area (Å²) >= 11 is 0. The van der Waals surface area contributed by atoms with Gasteiger partial charge < -0.3 is 10.2 Å². The van der Waals surface area contributed by atoms with E-state index in [4.69, 9.17) is 0 Å². The molecule has 0 aliphatic carbocycles. The van der Waals surface area contributed by atoms with E-state index in [1.807, 2.05) is 84.6 Å². The van der Waals surface area contributed by atoms with Gasteiger partial charge in [0.25, 0.3) is 10.0 Å². The number of carbonyl (C=O) groups is 1. The summed E-state index contributed by atoms with van der Waals surface area (Å²) < 4.78 is 27.3. The van der Waals surface area contributed by atoms with Gasteiger partial charge in [-0.15, -0.1) is 0 Å². The molecular formula is C26H23N3O3S. The molecule has 4 aromatic rings. The third-order valence-electron chi connectivity index (χ3n) is 4.98. The zero-order chi connectivity index (χ0) is 23.3. The van der Waals surface area contributed by atoms with E-state index < -0.39 is 16.1 Å². The van der Waals surface area contributed by atoms with Crippen LogP contribution in [0.5, 0.6) is 0 Å². The fourth-order valence-electron chi connectivity index (χ4n) is 3.40. The Bertz CT molecular complexity index is 1300. The molecule has 0 unspecified atom stereocenters. The van der Waals surface area contributed by atoms with Crippen LogP contribution < -0.4 is 14.9 Å². The van der Waals surface area contributed by atoms with Crippen LogP contribution in [0.2, 0.25) is 0 Å². The minimum absolute atomic E-state index is 0.0201. The van der Waals surface area contributed by atoms with Crippen LogP contribution in [0.1, 0.15) is 5.56 Å². The van der Waals surface area contributed by atoms with Gasteiger partial charge in [0.2, 0.25) is 0 Å². The van der Waals surface area contributed by atoms with Gasteiger partial charge in [0, 0.05) is 11.4 Å². The molecule has 0 saturated heterocycles. The third kappa shape index (κ3) is 5.22. The number of para-hydroxylation sites is 4. The Labute approximate surface area is 193 Å². The number of benzene rings is 4. The van der Waals surface area contributed by atoms with Crippen LogP contribution in [0.25, 0.3) is 0 Å². The Morgan fingerprint density at radius 2 is 1.21 bits per heavy atom. The first-order valence-electron chi connectivity index (χ1n) is 10.3. The number of aryl methyl sites for hydroxylation is 1. The molecule has 0 fully saturated rings. The third-order valence-corrected chi connectivity index (χ3v) is 6.33. The number of sulfonamides is 1. The van der Waals surface area contributed by atoms with Gasteiger partial charge in [0.05, 0.1) is 16.3 Å². The largest absolute Gasteiger partial charge is 0.333 e. The molecule has 0 aliphatic heterocycles. The fraction of sp³-hybridized carbons (Fsp3) is 0.0385. The van der Waals surface area contributed by atoms with E-state index in [9.17, 15) is 13.2 Å². The van der Waals surface area contributed by atoms with E-state index in [0.29, 0.717) is 11.4 Å². The molecule has 2 N–H and O–H groups in total. The predicted octanol–water partition coefficient (Wildman–Crippen LogP) is 5.98. The van der Waals surface area contributed by atoms with Crippen molar-refractivity contribution < 1.29 is 13.2 Å². The Kier molecular flexibility index (Phi) is 6.42. The summed E-state index contributed by atoms with van der Waals surface area (Å²) in [7, 11) is -4.01. The molecule has 33 heavy (non-hydrogen) atoms. The predicted molar refractivity (Wildman–Crippen MR) is 132 cm³/mol. The summed E-state index contributed by atoms with van der Waals surface area (Å²) in [5.41, 5.74) is 3.87. The molecule has 0 bridgehead atoms. The van der Waals surface area contributed by atoms with Crippen molar-refractivity contribution >= 4 is 38.8 Å². The number of anilines is 4. The van der Waals surface area contributed by atoms with Crippen molar-refractivity contribution in [2.24, 2.45) is 0 Å². The van der Waals surface area contributed by atoms with E-state index >= 15 is 0 Å². The van der Waals surface area contributed by atoms with E-state index in [2.05, 4.69) is 10.0 Å². The Morgan fingerprint density at radius 1 is 0.697 bits per heavy atom. The van der Waals surface area contributed by atoms with Gasteiger partial charge in [-0.3, -0.25) is 0 Å². The Balaban J connectivity index is 1.65. The molecule has 0 atom stereocenters. The standard InChI is InChI=1S/C26H23N3O3S/c1-20-16-18-23(19-17-20)33(31,32)28-26(30)27-24-14-8-9-15-25(24)29(21-10-4-2-5-11-21)22-12-6-3-7-13-22/h2-19H,1H3,(H2,27,28,30). The van der Waals surface area contributed by atoms with Crippen molar-refractivity contribution in [1.29, 1.82) is 0 Å². The smallest absolute Gasteiger partial charge is 0.308 e. The highest BCUT2D eigenvalue weighted by atomic mass is 32.2. The van der Waals surface area contributed by atoms with Crippen LogP contribution in [0.4, 0.5) is 27.5 Å². The second kappa shape index (κ2) is 9.58. The summed E-state index contributed by atoms with van der Waals surface area (Å²) in [6.07, 6.45) is 0. The van der Waals surface area contributed by atoms with Gasteiger partial charge in [-0.2, -0.15) is 0 Å². The monoisotopic (exact) mass is 457 g/mol. The lowest BCUT2D eigenvalue weighted by atomic mass is 10.1. The van der Waals surface area contributed by atoms with Crippen LogP contribution in [0.3, 0.4) is 0 Å². The molecule has 0 radical (unpaired) electrons. The normalized spacial score (nSPS) is 10.9. The Morgan fingerprint density at radius 3 is 1.79 bits per heavy atom. The van der Waals surface area contributed by atoms with E-state index in [1.54, 1.807) is 24.3 Å². The second-order valence-corrected chi connectivity index (χ2v) is 9.08. The van der Waals surface area contributed by atoms with E-state index in [1.165, 1.54) is 12.1 Å². The maximum Gasteiger partial charge on any atom is 0.333 e. The van der Waals surface area contributed by atoms with Gasteiger partial charge in [0.1, 0.15) is 0 Å². The maximum absolute atomic E-state index is 12.7. The van der Waals surface area contributed by atoms with Crippen molar-refractivity contribution in [3.63, 3.8) is 0 Å². The van der Waals surface area contributed by atoms with Gasteiger partial charge in [0.15, 0.2) is 0 Å². The van der Waals surface area contributed by atoms with Crippen LogP contribution >= 0.6 is 0 Å². The first kappa shape index (κ1) is 22.1. The van der Waals surface area contributed by atoms with Crippen molar-refractivity contribution in [2.45, 2.75) is 11.8 Å². The topological polar surface area (TPSA) is 78.5 Å². The van der Waals surface area contributed by atoms with Crippen molar-refractivity contribution in [3.8, 4) is 0 Å². The lowest BCUT2D eigenvalue weighted by Gasteiger charge is -2.27. The Hall–Kier alpha value is -4.10. The van der Waals surface area contributed by atoms with Crippen molar-refractivity contribution in [1.82, 2.24) is 4.72 Å². The fourth-order valence-corrected chi connectivity index (χ4v) is 4.31. The quantitative estimate of drug-likeness (QED) is 0.374. The molecule has 0 heterocycles. The molecule has 2 amide bonds. The van der Waals surface area contributed by atoms with Gasteiger partial charge >= 0.3 is 6.03 Å². The summed E-state index contributed by atoms with van der Waals surface area (Å²) in [5, 5.41) is 2.70. The number of nitrogens with zero attached hydrogens (tertiary/aromatic N) is 1. The van der Waals surface area contributed by atoms with E-state index in [0.717, 1.165) is 16.9 Å². The highest BCUT2D eigenvalue weighted by Gasteiger charge is 2.20. The average molecular weight is 458 g/mol. The number of hydrogen-bond acceptors (Lipinski definition) is 4. The SMILES string of the molecule is Cc1ccc(S(=O)(=O)NC(=O)Nc2ccccc2N(c2ccccc2)c2ccccc2)cc1. The molecule has 166 valence electrons. The van der Waals surface area contributed by atoms with Gasteiger partial charge in [-0.25, -0.2) is 17.9 Å². The highest BCUT2D eigenvalue weighted by molar-refractivity contribution is 7.90. The van der Waals surface area contributed by atoms with Crippen LogP contribution in [0, 0.1) is 6.92 Å². The number of urea groups is 1. The molecule has 7 heteroatoms. The number of carbonyl (C=O) groups excluding carboxylic acids is 1. The first-order chi connectivity index (χ1) is 15.9. The number of nitrogens with one attached hydrogen (secondary N) is 2. The van der Waals surface area contributed by atoms with Gasteiger partial charge in [-0.1, -0.05) is 66.2 Å². The van der Waals surface area contributed by atoms with E-state index in [-0.39, 0.29) is 4.90 Å². The first-order valence-corrected chi connectivity index (χ1v) is 11.8. The number of rotatable bonds is 6. The molecule has 4 rings (SSSR count). The summed E-state index contributed by atoms with van der Waals surface area (Å²) in [5.74, 6) is 0. The molecule has 4 aromatic carbocycles. The van der Waals surface area contributed by atoms with Crippen molar-refractivity contribution in [2.75, 3.05) is 10.2 Å². The summed E-state index contributed by atoms with van der Waals surface area (Å²) in [6, 6.07) is 32.1. The average Bonchev–Trinajstić information content (AvgIpc) is 2.82. The van der Waals surface area contributed by atoms with Crippen LogP contribution in [-0.2, 0) is 10.0 Å². The summed E-state index contributed by atoms with van der Waals surface area (Å²) in [4.78, 5) is 14.7. The number of amides is 2. The minimum Gasteiger partial charge on any atom is -0.308 e. The van der Waals surface area contributed by atoms with Crippen molar-refractivity contribution in [3.05, 3.63) is 115 Å². The minimum atomic E-state index is -4.01. The zero-order valence-corrected chi connectivity index (χ0v) is 18.8. The lowest BCUT2D eigenvalue weighted by Crippen LogP contribution is -2.34. The summed E-state index contributed by atoms with van der Waals surface area (Å²) in [6.45, 7) is 1.86. The maximum atomic E-state index is 12.7. The molecular weight excluding hydrogens is 434 g/mol. The molecule has 0 saturated carbocycles. The van der Waals surface area contributed by atoms with Crippen LogP contribution in [-0.4, -0.2) is 14.4 Å².